The average Bonchev–Trinajstić information content (AvgIpc) is 2.87. The Kier molecular flexibility index (Phi) is 5.03. The smallest absolute Gasteiger partial charge is 0.363 e. The summed E-state index contributed by atoms with van der Waals surface area (Å²) < 4.78 is 8.31. The fourth-order valence-electron chi connectivity index (χ4n) is 2.86. The summed E-state index contributed by atoms with van der Waals surface area (Å²) in [7, 11) is 0. The lowest BCUT2D eigenvalue weighted by molar-refractivity contribution is 0.0590. The van der Waals surface area contributed by atoms with E-state index in [4.69, 9.17) is 15.3 Å². The zero-order valence-corrected chi connectivity index (χ0v) is 14.3. The van der Waals surface area contributed by atoms with Crippen LogP contribution in [-0.2, 0) is 11.3 Å². The van der Waals surface area contributed by atoms with Crippen molar-refractivity contribution in [3.05, 3.63) is 16.8 Å². The van der Waals surface area contributed by atoms with Gasteiger partial charge in [0.25, 0.3) is 0 Å². The van der Waals surface area contributed by atoms with Gasteiger partial charge in [0, 0.05) is 19.8 Å². The number of hydrogen-bond donors (Lipinski definition) is 1. The summed E-state index contributed by atoms with van der Waals surface area (Å²) in [4.78, 5) is 26.9. The lowest BCUT2D eigenvalue weighted by Crippen LogP contribution is -2.33. The zero-order chi connectivity index (χ0) is 17.1. The van der Waals surface area contributed by atoms with Gasteiger partial charge in [0.15, 0.2) is 17.0 Å². The minimum atomic E-state index is -0.244. The predicted molar refractivity (Wildman–Crippen MR) is 90.6 cm³/mol. The summed E-state index contributed by atoms with van der Waals surface area (Å²) in [5.41, 5.74) is 6.73. The fourth-order valence-corrected chi connectivity index (χ4v) is 2.86. The van der Waals surface area contributed by atoms with Crippen molar-refractivity contribution in [1.82, 2.24) is 19.3 Å². The first kappa shape index (κ1) is 16.8. The van der Waals surface area contributed by atoms with Crippen LogP contribution in [-0.4, -0.2) is 39.1 Å². The van der Waals surface area contributed by atoms with Gasteiger partial charge in [-0.25, -0.2) is 14.8 Å². The molecule has 0 aromatic carbocycles. The summed E-state index contributed by atoms with van der Waals surface area (Å²) in [5.74, 6) is 0.991. The molecule has 2 aromatic rings. The van der Waals surface area contributed by atoms with Crippen LogP contribution >= 0.6 is 0 Å². The highest BCUT2D eigenvalue weighted by molar-refractivity contribution is 5.81. The lowest BCUT2D eigenvalue weighted by atomic mass is 10.0. The molecule has 0 aliphatic carbocycles. The topological polar surface area (TPSA) is 97.2 Å². The molecule has 1 aliphatic heterocycles. The van der Waals surface area contributed by atoms with Crippen LogP contribution in [0, 0.1) is 11.8 Å². The molecule has 1 fully saturated rings. The molecule has 0 unspecified atom stereocenters. The molecule has 0 bridgehead atoms. The molecule has 8 nitrogen and oxygen atoms in total. The number of imidazole rings is 1. The van der Waals surface area contributed by atoms with Crippen LogP contribution in [0.4, 0.5) is 5.82 Å². The maximum absolute atomic E-state index is 12.9. The SMILES string of the molecule is CC[C@@H](C)COn1c(=O)n(CC2CCOCC2)c2ncnc(N)c21. The third-order valence-electron chi connectivity index (χ3n) is 4.66. The second-order valence-electron chi connectivity index (χ2n) is 6.48. The second kappa shape index (κ2) is 7.21. The van der Waals surface area contributed by atoms with Gasteiger partial charge in [-0.05, 0) is 24.7 Å². The van der Waals surface area contributed by atoms with Crippen LogP contribution in [0.25, 0.3) is 11.2 Å². The van der Waals surface area contributed by atoms with Gasteiger partial charge in [-0.2, -0.15) is 0 Å². The molecule has 0 saturated carbocycles. The standard InChI is InChI=1S/C16H25N5O3/c1-3-11(2)9-24-21-13-14(17)18-10-19-15(13)20(16(21)22)8-12-4-6-23-7-5-12/h10-12H,3-9H2,1-2H3,(H2,17,18,19)/t11-/m1/s1. The van der Waals surface area contributed by atoms with Crippen molar-refractivity contribution < 1.29 is 9.57 Å². The molecule has 3 rings (SSSR count). The Morgan fingerprint density at radius 3 is 2.88 bits per heavy atom. The van der Waals surface area contributed by atoms with Crippen molar-refractivity contribution in [3.8, 4) is 0 Å². The molecule has 132 valence electrons. The number of aromatic nitrogens is 4. The summed E-state index contributed by atoms with van der Waals surface area (Å²) in [6.45, 7) is 6.67. The molecule has 0 amide bonds. The summed E-state index contributed by atoms with van der Waals surface area (Å²) in [6, 6.07) is 0. The molecule has 1 atom stereocenters. The molecular weight excluding hydrogens is 310 g/mol. The van der Waals surface area contributed by atoms with E-state index in [0.29, 0.717) is 36.2 Å². The van der Waals surface area contributed by atoms with Crippen LogP contribution in [0.2, 0.25) is 0 Å². The molecule has 0 spiro atoms. The van der Waals surface area contributed by atoms with E-state index in [1.54, 1.807) is 4.57 Å². The zero-order valence-electron chi connectivity index (χ0n) is 14.3. The minimum absolute atomic E-state index is 0.244. The normalized spacial score (nSPS) is 17.2. The molecule has 1 saturated heterocycles. The number of hydrogen-bond acceptors (Lipinski definition) is 6. The van der Waals surface area contributed by atoms with Crippen LogP contribution in [0.3, 0.4) is 0 Å². The van der Waals surface area contributed by atoms with Gasteiger partial charge in [0.1, 0.15) is 12.9 Å². The molecule has 8 heteroatoms. The van der Waals surface area contributed by atoms with Gasteiger partial charge < -0.3 is 15.3 Å². The van der Waals surface area contributed by atoms with Gasteiger partial charge in [-0.1, -0.05) is 20.3 Å². The van der Waals surface area contributed by atoms with Crippen molar-refractivity contribution in [2.75, 3.05) is 25.6 Å². The Bertz CT molecular complexity index is 748. The van der Waals surface area contributed by atoms with Crippen molar-refractivity contribution in [2.45, 2.75) is 39.7 Å². The van der Waals surface area contributed by atoms with Gasteiger partial charge in [0.2, 0.25) is 0 Å². The van der Waals surface area contributed by atoms with E-state index in [9.17, 15) is 4.79 Å². The first-order valence-electron chi connectivity index (χ1n) is 8.54. The first-order chi connectivity index (χ1) is 11.6. The van der Waals surface area contributed by atoms with E-state index in [2.05, 4.69) is 23.8 Å². The van der Waals surface area contributed by atoms with E-state index < -0.39 is 0 Å². The van der Waals surface area contributed by atoms with Crippen LogP contribution < -0.4 is 16.3 Å². The number of ether oxygens (including phenoxy) is 1. The van der Waals surface area contributed by atoms with E-state index in [1.165, 1.54) is 11.1 Å². The number of rotatable bonds is 6. The molecule has 1 aliphatic rings. The van der Waals surface area contributed by atoms with E-state index in [0.717, 1.165) is 32.5 Å². The van der Waals surface area contributed by atoms with Crippen molar-refractivity contribution >= 4 is 17.0 Å². The minimum Gasteiger partial charge on any atom is -0.408 e. The predicted octanol–water partition coefficient (Wildman–Crippen LogP) is 1.08. The monoisotopic (exact) mass is 335 g/mol. The number of nitrogens with zero attached hydrogens (tertiary/aromatic N) is 4. The highest BCUT2D eigenvalue weighted by Crippen LogP contribution is 2.20. The number of anilines is 1. The molecule has 24 heavy (non-hydrogen) atoms. The molecule has 2 N–H and O–H groups in total. The third kappa shape index (κ3) is 3.24. The Labute approximate surface area is 140 Å². The Hall–Kier alpha value is -2.09. The molecule has 2 aromatic heterocycles. The Morgan fingerprint density at radius 1 is 1.42 bits per heavy atom. The van der Waals surface area contributed by atoms with E-state index >= 15 is 0 Å². The highest BCUT2D eigenvalue weighted by atomic mass is 16.7. The van der Waals surface area contributed by atoms with Crippen LogP contribution in [0.1, 0.15) is 33.1 Å². The van der Waals surface area contributed by atoms with E-state index in [1.807, 2.05) is 0 Å². The first-order valence-corrected chi connectivity index (χ1v) is 8.54. The van der Waals surface area contributed by atoms with Crippen molar-refractivity contribution in [1.29, 1.82) is 0 Å². The van der Waals surface area contributed by atoms with Crippen LogP contribution in [0.5, 0.6) is 0 Å². The van der Waals surface area contributed by atoms with Crippen molar-refractivity contribution in [2.24, 2.45) is 11.8 Å². The summed E-state index contributed by atoms with van der Waals surface area (Å²) in [5, 5.41) is 0. The van der Waals surface area contributed by atoms with Gasteiger partial charge in [-0.15, -0.1) is 4.73 Å². The number of nitrogen functional groups attached to an aromatic ring is 1. The number of nitrogens with two attached hydrogens (primary N) is 1. The van der Waals surface area contributed by atoms with Crippen molar-refractivity contribution in [3.63, 3.8) is 0 Å². The lowest BCUT2D eigenvalue weighted by Gasteiger charge is -2.21. The maximum atomic E-state index is 12.9. The summed E-state index contributed by atoms with van der Waals surface area (Å²) >= 11 is 0. The Morgan fingerprint density at radius 2 is 2.17 bits per heavy atom. The Balaban J connectivity index is 1.97. The van der Waals surface area contributed by atoms with Gasteiger partial charge >= 0.3 is 5.69 Å². The molecule has 3 heterocycles. The second-order valence-corrected chi connectivity index (χ2v) is 6.48. The quantitative estimate of drug-likeness (QED) is 0.848. The van der Waals surface area contributed by atoms with E-state index in [-0.39, 0.29) is 11.5 Å². The average molecular weight is 335 g/mol. The maximum Gasteiger partial charge on any atom is 0.363 e. The largest absolute Gasteiger partial charge is 0.408 e. The molecular formula is C16H25N5O3. The third-order valence-corrected chi connectivity index (χ3v) is 4.66. The number of fused-ring (bicyclic) bond motifs is 1. The molecule has 0 radical (unpaired) electrons. The summed E-state index contributed by atoms with van der Waals surface area (Å²) in [6.07, 6.45) is 4.23. The highest BCUT2D eigenvalue weighted by Gasteiger charge is 2.22. The van der Waals surface area contributed by atoms with Crippen LogP contribution in [0.15, 0.2) is 11.1 Å². The van der Waals surface area contributed by atoms with Gasteiger partial charge in [-0.3, -0.25) is 4.57 Å². The van der Waals surface area contributed by atoms with Gasteiger partial charge in [0.05, 0.1) is 0 Å². The fraction of sp³-hybridized carbons (Fsp3) is 0.688.